The van der Waals surface area contributed by atoms with E-state index in [2.05, 4.69) is 51.2 Å². The van der Waals surface area contributed by atoms with E-state index in [0.29, 0.717) is 5.82 Å². The molecule has 102 valence electrons. The monoisotopic (exact) mass is 285 g/mol. The van der Waals surface area contributed by atoms with Gasteiger partial charge in [0.05, 0.1) is 6.04 Å². The molecule has 0 saturated heterocycles. The van der Waals surface area contributed by atoms with Gasteiger partial charge in [0, 0.05) is 16.1 Å². The van der Waals surface area contributed by atoms with E-state index in [1.807, 2.05) is 24.3 Å². The first-order valence-corrected chi connectivity index (χ1v) is 7.26. The second kappa shape index (κ2) is 5.42. The Hall–Kier alpha value is -2.21. The van der Waals surface area contributed by atoms with Crippen LogP contribution in [-0.2, 0) is 0 Å². The second-order valence-electron chi connectivity index (χ2n) is 4.65. The standard InChI is InChI=1S/C14H15N5S/c1-9-6-7-20-13(9)10(2)15-12-5-3-4-11(8-12)14-16-18-19-17-14/h3-8,10,15H,1-2H3,(H,16,17,18,19). The Balaban J connectivity index is 1.81. The number of hydrogen-bond donors (Lipinski definition) is 2. The summed E-state index contributed by atoms with van der Waals surface area (Å²) in [6, 6.07) is 10.5. The van der Waals surface area contributed by atoms with Gasteiger partial charge in [0.2, 0.25) is 5.82 Å². The molecule has 3 aromatic rings. The van der Waals surface area contributed by atoms with E-state index in [-0.39, 0.29) is 6.04 Å². The SMILES string of the molecule is Cc1ccsc1C(C)Nc1cccc(-c2nn[nH]n2)c1. The molecule has 2 aromatic heterocycles. The van der Waals surface area contributed by atoms with Gasteiger partial charge >= 0.3 is 0 Å². The molecule has 3 rings (SSSR count). The predicted octanol–water partition coefficient (Wildman–Crippen LogP) is 3.41. The Labute approximate surface area is 121 Å². The lowest BCUT2D eigenvalue weighted by Gasteiger charge is -2.15. The van der Waals surface area contributed by atoms with Crippen molar-refractivity contribution in [3.8, 4) is 11.4 Å². The summed E-state index contributed by atoms with van der Waals surface area (Å²) < 4.78 is 0. The van der Waals surface area contributed by atoms with Gasteiger partial charge in [0.1, 0.15) is 0 Å². The quantitative estimate of drug-likeness (QED) is 0.771. The molecule has 2 N–H and O–H groups in total. The smallest absolute Gasteiger partial charge is 0.204 e. The van der Waals surface area contributed by atoms with Gasteiger partial charge in [-0.2, -0.15) is 5.21 Å². The summed E-state index contributed by atoms with van der Waals surface area (Å²) in [6.07, 6.45) is 0. The third-order valence-electron chi connectivity index (χ3n) is 3.14. The van der Waals surface area contributed by atoms with Gasteiger partial charge in [-0.1, -0.05) is 12.1 Å². The molecule has 0 amide bonds. The van der Waals surface area contributed by atoms with Crippen molar-refractivity contribution in [3.63, 3.8) is 0 Å². The van der Waals surface area contributed by atoms with E-state index < -0.39 is 0 Å². The number of aromatic amines is 1. The highest BCUT2D eigenvalue weighted by Crippen LogP contribution is 2.28. The molecule has 0 aliphatic rings. The normalized spacial score (nSPS) is 12.3. The number of nitrogens with zero attached hydrogens (tertiary/aromatic N) is 3. The lowest BCUT2D eigenvalue weighted by atomic mass is 10.1. The molecule has 0 bridgehead atoms. The molecule has 0 fully saturated rings. The Morgan fingerprint density at radius 3 is 2.90 bits per heavy atom. The fourth-order valence-electron chi connectivity index (χ4n) is 2.18. The maximum atomic E-state index is 4.00. The zero-order chi connectivity index (χ0) is 13.9. The number of aromatic nitrogens is 4. The number of benzene rings is 1. The van der Waals surface area contributed by atoms with E-state index in [9.17, 15) is 0 Å². The molecular weight excluding hydrogens is 270 g/mol. The summed E-state index contributed by atoms with van der Waals surface area (Å²) in [4.78, 5) is 1.36. The molecule has 0 saturated carbocycles. The first-order chi connectivity index (χ1) is 9.74. The van der Waals surface area contributed by atoms with Crippen molar-refractivity contribution >= 4 is 17.0 Å². The van der Waals surface area contributed by atoms with Crippen LogP contribution in [0.5, 0.6) is 0 Å². The van der Waals surface area contributed by atoms with Gasteiger partial charge in [0.25, 0.3) is 0 Å². The molecule has 0 radical (unpaired) electrons. The fourth-order valence-corrected chi connectivity index (χ4v) is 3.11. The zero-order valence-electron chi connectivity index (χ0n) is 11.3. The first kappa shape index (κ1) is 12.8. The minimum Gasteiger partial charge on any atom is -0.378 e. The van der Waals surface area contributed by atoms with Crippen molar-refractivity contribution in [3.05, 3.63) is 46.2 Å². The highest BCUT2D eigenvalue weighted by Gasteiger charge is 2.10. The average Bonchev–Trinajstić information content (AvgIpc) is 3.09. The lowest BCUT2D eigenvalue weighted by molar-refractivity contribution is 0.881. The van der Waals surface area contributed by atoms with Crippen molar-refractivity contribution in [2.45, 2.75) is 19.9 Å². The van der Waals surface area contributed by atoms with E-state index in [0.717, 1.165) is 11.3 Å². The Morgan fingerprint density at radius 2 is 2.20 bits per heavy atom. The molecule has 1 atom stereocenters. The number of nitrogens with one attached hydrogen (secondary N) is 2. The van der Waals surface area contributed by atoms with Gasteiger partial charge in [0.15, 0.2) is 0 Å². The largest absolute Gasteiger partial charge is 0.378 e. The number of H-pyrrole nitrogens is 1. The molecule has 0 aliphatic heterocycles. The summed E-state index contributed by atoms with van der Waals surface area (Å²) in [5, 5.41) is 19.7. The molecule has 0 spiro atoms. The Kier molecular flexibility index (Phi) is 3.47. The number of aryl methyl sites for hydroxylation is 1. The molecule has 5 nitrogen and oxygen atoms in total. The van der Waals surface area contributed by atoms with Gasteiger partial charge < -0.3 is 5.32 Å². The van der Waals surface area contributed by atoms with E-state index in [1.165, 1.54) is 10.4 Å². The van der Waals surface area contributed by atoms with Crippen molar-refractivity contribution in [2.24, 2.45) is 0 Å². The molecule has 0 aliphatic carbocycles. The van der Waals surface area contributed by atoms with Crippen LogP contribution in [-0.4, -0.2) is 20.6 Å². The second-order valence-corrected chi connectivity index (χ2v) is 5.60. The maximum Gasteiger partial charge on any atom is 0.204 e. The van der Waals surface area contributed by atoms with Crippen molar-refractivity contribution in [1.82, 2.24) is 20.6 Å². The number of tetrazole rings is 1. The number of anilines is 1. The maximum absolute atomic E-state index is 4.00. The van der Waals surface area contributed by atoms with Crippen LogP contribution in [0.2, 0.25) is 0 Å². The van der Waals surface area contributed by atoms with Crippen LogP contribution in [0.4, 0.5) is 5.69 Å². The minimum absolute atomic E-state index is 0.274. The van der Waals surface area contributed by atoms with Crippen molar-refractivity contribution < 1.29 is 0 Å². The summed E-state index contributed by atoms with van der Waals surface area (Å²) in [5.74, 6) is 0.605. The van der Waals surface area contributed by atoms with Crippen molar-refractivity contribution in [1.29, 1.82) is 0 Å². The first-order valence-electron chi connectivity index (χ1n) is 6.38. The van der Waals surface area contributed by atoms with Crippen LogP contribution in [0.3, 0.4) is 0 Å². The van der Waals surface area contributed by atoms with Crippen molar-refractivity contribution in [2.75, 3.05) is 5.32 Å². The van der Waals surface area contributed by atoms with Crippen LogP contribution in [0.1, 0.15) is 23.4 Å². The molecule has 1 aromatic carbocycles. The van der Waals surface area contributed by atoms with E-state index in [4.69, 9.17) is 0 Å². The Morgan fingerprint density at radius 1 is 1.30 bits per heavy atom. The topological polar surface area (TPSA) is 66.5 Å². The number of rotatable bonds is 4. The van der Waals surface area contributed by atoms with Crippen LogP contribution in [0.15, 0.2) is 35.7 Å². The summed E-state index contributed by atoms with van der Waals surface area (Å²) in [6.45, 7) is 4.31. The van der Waals surface area contributed by atoms with Crippen LogP contribution in [0.25, 0.3) is 11.4 Å². The zero-order valence-corrected chi connectivity index (χ0v) is 12.1. The van der Waals surface area contributed by atoms with Gasteiger partial charge in [-0.15, -0.1) is 21.5 Å². The number of thiophene rings is 1. The summed E-state index contributed by atoms with van der Waals surface area (Å²) in [5.41, 5.74) is 3.32. The van der Waals surface area contributed by atoms with Gasteiger partial charge in [-0.3, -0.25) is 0 Å². The third-order valence-corrected chi connectivity index (χ3v) is 4.35. The van der Waals surface area contributed by atoms with Crippen LogP contribution in [0, 0.1) is 6.92 Å². The molecule has 20 heavy (non-hydrogen) atoms. The van der Waals surface area contributed by atoms with Crippen LogP contribution < -0.4 is 5.32 Å². The number of hydrogen-bond acceptors (Lipinski definition) is 5. The predicted molar refractivity (Wildman–Crippen MR) is 80.7 cm³/mol. The Bertz CT molecular complexity index is 689. The van der Waals surface area contributed by atoms with E-state index >= 15 is 0 Å². The molecule has 1 unspecified atom stereocenters. The molecule has 6 heteroatoms. The van der Waals surface area contributed by atoms with Gasteiger partial charge in [-0.25, -0.2) is 0 Å². The summed E-state index contributed by atoms with van der Waals surface area (Å²) >= 11 is 1.78. The highest BCUT2D eigenvalue weighted by atomic mass is 32.1. The fraction of sp³-hybridized carbons (Fsp3) is 0.214. The summed E-state index contributed by atoms with van der Waals surface area (Å²) in [7, 11) is 0. The van der Waals surface area contributed by atoms with E-state index in [1.54, 1.807) is 11.3 Å². The average molecular weight is 285 g/mol. The highest BCUT2D eigenvalue weighted by molar-refractivity contribution is 7.10. The molecule has 2 heterocycles. The van der Waals surface area contributed by atoms with Gasteiger partial charge in [-0.05, 0) is 48.2 Å². The van der Waals surface area contributed by atoms with Crippen LogP contribution >= 0.6 is 11.3 Å². The lowest BCUT2D eigenvalue weighted by Crippen LogP contribution is -2.06. The molecular formula is C14H15N5S. The minimum atomic E-state index is 0.274. The third kappa shape index (κ3) is 2.55.